The van der Waals surface area contributed by atoms with Crippen LogP contribution in [-0.2, 0) is 11.4 Å². The van der Waals surface area contributed by atoms with Crippen LogP contribution in [0.5, 0.6) is 0 Å². The van der Waals surface area contributed by atoms with Crippen molar-refractivity contribution >= 4 is 11.4 Å². The SMILES string of the molecule is CC1=C(N[S+]([O-])c2ccc(C)cc2C)C(C)=C(N2CCCC2)C(C)C1. The number of rotatable bonds is 4. The summed E-state index contributed by atoms with van der Waals surface area (Å²) in [5.74, 6) is 0.540. The van der Waals surface area contributed by atoms with Crippen molar-refractivity contribution in [1.82, 2.24) is 9.62 Å². The van der Waals surface area contributed by atoms with Crippen LogP contribution < -0.4 is 4.72 Å². The Hall–Kier alpha value is -1.39. The smallest absolute Gasteiger partial charge is 0.182 e. The van der Waals surface area contributed by atoms with Gasteiger partial charge in [0.25, 0.3) is 0 Å². The van der Waals surface area contributed by atoms with E-state index in [-0.39, 0.29) is 0 Å². The van der Waals surface area contributed by atoms with Gasteiger partial charge in [0.2, 0.25) is 0 Å². The second-order valence-electron chi connectivity index (χ2n) is 7.60. The lowest BCUT2D eigenvalue weighted by molar-refractivity contribution is 0.359. The van der Waals surface area contributed by atoms with Crippen LogP contribution in [0.3, 0.4) is 0 Å². The third kappa shape index (κ3) is 3.75. The summed E-state index contributed by atoms with van der Waals surface area (Å²) < 4.78 is 16.3. The van der Waals surface area contributed by atoms with E-state index in [1.165, 1.54) is 35.2 Å². The normalized spacial score (nSPS) is 22.6. The minimum absolute atomic E-state index is 0.540. The molecule has 0 aromatic heterocycles. The van der Waals surface area contributed by atoms with Crippen molar-refractivity contribution < 1.29 is 4.55 Å². The van der Waals surface area contributed by atoms with E-state index in [1.54, 1.807) is 0 Å². The number of nitrogens with one attached hydrogen (secondary N) is 1. The Morgan fingerprint density at radius 1 is 1.12 bits per heavy atom. The first kappa shape index (κ1) is 18.4. The van der Waals surface area contributed by atoms with Crippen LogP contribution in [0.15, 0.2) is 45.6 Å². The first-order valence-electron chi connectivity index (χ1n) is 9.30. The van der Waals surface area contributed by atoms with Gasteiger partial charge in [-0.15, -0.1) is 0 Å². The zero-order valence-corrected chi connectivity index (χ0v) is 16.9. The summed E-state index contributed by atoms with van der Waals surface area (Å²) >= 11 is -1.23. The number of allylic oxidation sites excluding steroid dienone is 3. The lowest BCUT2D eigenvalue weighted by atomic mass is 9.86. The molecule has 3 rings (SSSR count). The summed E-state index contributed by atoms with van der Waals surface area (Å²) in [6.45, 7) is 13.1. The minimum atomic E-state index is -1.23. The first-order valence-corrected chi connectivity index (χ1v) is 10.4. The lowest BCUT2D eigenvalue weighted by Crippen LogP contribution is -2.33. The Labute approximate surface area is 155 Å². The fourth-order valence-electron chi connectivity index (χ4n) is 4.30. The van der Waals surface area contributed by atoms with Crippen molar-refractivity contribution in [3.8, 4) is 0 Å². The average Bonchev–Trinajstić information content (AvgIpc) is 3.05. The van der Waals surface area contributed by atoms with Crippen LogP contribution in [0.4, 0.5) is 0 Å². The number of nitrogens with zero attached hydrogens (tertiary/aromatic N) is 1. The van der Waals surface area contributed by atoms with Crippen LogP contribution in [0, 0.1) is 19.8 Å². The van der Waals surface area contributed by atoms with E-state index in [4.69, 9.17) is 0 Å². The monoisotopic (exact) mass is 358 g/mol. The molecule has 4 heteroatoms. The zero-order chi connectivity index (χ0) is 18.1. The second kappa shape index (κ2) is 7.46. The molecule has 1 heterocycles. The molecule has 2 aliphatic rings. The van der Waals surface area contributed by atoms with Crippen LogP contribution in [0.2, 0.25) is 0 Å². The molecular weight excluding hydrogens is 328 g/mol. The quantitative estimate of drug-likeness (QED) is 0.800. The highest BCUT2D eigenvalue weighted by molar-refractivity contribution is 7.89. The third-order valence-electron chi connectivity index (χ3n) is 5.44. The van der Waals surface area contributed by atoms with Gasteiger partial charge in [0.15, 0.2) is 4.90 Å². The van der Waals surface area contributed by atoms with Crippen LogP contribution >= 0.6 is 0 Å². The van der Waals surface area contributed by atoms with Gasteiger partial charge < -0.3 is 9.45 Å². The Morgan fingerprint density at radius 3 is 2.44 bits per heavy atom. The third-order valence-corrected chi connectivity index (χ3v) is 6.68. The van der Waals surface area contributed by atoms with Gasteiger partial charge in [-0.05, 0) is 64.2 Å². The fraction of sp³-hybridized carbons (Fsp3) is 0.524. The highest BCUT2D eigenvalue weighted by Gasteiger charge is 2.30. The topological polar surface area (TPSA) is 38.3 Å². The van der Waals surface area contributed by atoms with Gasteiger partial charge in [0.05, 0.1) is 5.70 Å². The predicted molar refractivity (Wildman–Crippen MR) is 105 cm³/mol. The number of aryl methyl sites for hydroxylation is 2. The summed E-state index contributed by atoms with van der Waals surface area (Å²) in [5.41, 5.74) is 7.39. The van der Waals surface area contributed by atoms with E-state index in [0.29, 0.717) is 5.92 Å². The maximum absolute atomic E-state index is 13.0. The van der Waals surface area contributed by atoms with Crippen molar-refractivity contribution in [3.05, 3.63) is 51.9 Å². The molecule has 1 aliphatic carbocycles. The Kier molecular flexibility index (Phi) is 5.49. The minimum Gasteiger partial charge on any atom is -0.588 e. The molecular formula is C21H30N2OS. The van der Waals surface area contributed by atoms with Crippen molar-refractivity contribution in [2.45, 2.75) is 58.8 Å². The van der Waals surface area contributed by atoms with E-state index >= 15 is 0 Å². The van der Waals surface area contributed by atoms with E-state index < -0.39 is 11.4 Å². The molecule has 136 valence electrons. The number of hydrogen-bond acceptors (Lipinski definition) is 3. The standard InChI is InChI=1S/C21H30N2OS/c1-14-8-9-19(15(2)12-14)25(24)22-20-16(3)13-17(4)21(18(20)5)23-10-6-7-11-23/h8-9,12,17,22H,6-7,10-11,13H2,1-5H3. The largest absolute Gasteiger partial charge is 0.588 e. The summed E-state index contributed by atoms with van der Waals surface area (Å²) in [7, 11) is 0. The maximum Gasteiger partial charge on any atom is 0.182 e. The first-order chi connectivity index (χ1) is 11.9. The average molecular weight is 359 g/mol. The highest BCUT2D eigenvalue weighted by Crippen LogP contribution is 2.37. The molecule has 0 amide bonds. The fourth-order valence-corrected chi connectivity index (χ4v) is 5.47. The van der Waals surface area contributed by atoms with Gasteiger partial charge in [-0.3, -0.25) is 0 Å². The molecule has 0 radical (unpaired) electrons. The number of likely N-dealkylation sites (tertiary alicyclic amines) is 1. The van der Waals surface area contributed by atoms with Crippen molar-refractivity contribution in [2.75, 3.05) is 13.1 Å². The molecule has 2 atom stereocenters. The summed E-state index contributed by atoms with van der Waals surface area (Å²) in [6.07, 6.45) is 3.60. The highest BCUT2D eigenvalue weighted by atomic mass is 32.2. The Balaban J connectivity index is 1.88. The van der Waals surface area contributed by atoms with E-state index in [0.717, 1.165) is 35.7 Å². The van der Waals surface area contributed by atoms with E-state index in [2.05, 4.69) is 43.4 Å². The molecule has 0 spiro atoms. The molecule has 1 N–H and O–H groups in total. The molecule has 1 fully saturated rings. The summed E-state index contributed by atoms with van der Waals surface area (Å²) in [6, 6.07) is 6.11. The molecule has 1 saturated heterocycles. The predicted octanol–water partition coefficient (Wildman–Crippen LogP) is 4.60. The molecule has 0 saturated carbocycles. The molecule has 3 nitrogen and oxygen atoms in total. The molecule has 25 heavy (non-hydrogen) atoms. The molecule has 1 aliphatic heterocycles. The van der Waals surface area contributed by atoms with Gasteiger partial charge >= 0.3 is 0 Å². The van der Waals surface area contributed by atoms with Gasteiger partial charge in [0, 0.05) is 30.3 Å². The lowest BCUT2D eigenvalue weighted by Gasteiger charge is -2.34. The van der Waals surface area contributed by atoms with Gasteiger partial charge in [-0.2, -0.15) is 0 Å². The maximum atomic E-state index is 13.0. The molecule has 2 unspecified atom stereocenters. The Bertz CT molecular complexity index is 717. The summed E-state index contributed by atoms with van der Waals surface area (Å²) in [5, 5.41) is 0. The van der Waals surface area contributed by atoms with Gasteiger partial charge in [-0.1, -0.05) is 24.6 Å². The number of hydrogen-bond donors (Lipinski definition) is 1. The van der Waals surface area contributed by atoms with Gasteiger partial charge in [0.1, 0.15) is 11.4 Å². The molecule has 1 aromatic carbocycles. The Morgan fingerprint density at radius 2 is 1.80 bits per heavy atom. The van der Waals surface area contributed by atoms with Crippen molar-refractivity contribution in [2.24, 2.45) is 5.92 Å². The van der Waals surface area contributed by atoms with Crippen LogP contribution in [0.1, 0.15) is 51.2 Å². The second-order valence-corrected chi connectivity index (χ2v) is 8.79. The van der Waals surface area contributed by atoms with Crippen molar-refractivity contribution in [3.63, 3.8) is 0 Å². The zero-order valence-electron chi connectivity index (χ0n) is 16.1. The van der Waals surface area contributed by atoms with E-state index in [9.17, 15) is 4.55 Å². The van der Waals surface area contributed by atoms with E-state index in [1.807, 2.05) is 19.1 Å². The van der Waals surface area contributed by atoms with Crippen molar-refractivity contribution in [1.29, 1.82) is 0 Å². The van der Waals surface area contributed by atoms with Gasteiger partial charge in [-0.25, -0.2) is 4.72 Å². The number of benzene rings is 1. The molecule has 0 bridgehead atoms. The summed E-state index contributed by atoms with van der Waals surface area (Å²) in [4.78, 5) is 3.41. The molecule has 1 aromatic rings. The van der Waals surface area contributed by atoms with Crippen LogP contribution in [-0.4, -0.2) is 22.5 Å². The van der Waals surface area contributed by atoms with Crippen LogP contribution in [0.25, 0.3) is 0 Å².